The molecule has 0 bridgehead atoms. The Balaban J connectivity index is 2.26. The van der Waals surface area contributed by atoms with Gasteiger partial charge in [-0.2, -0.15) is 0 Å². The fraction of sp³-hybridized carbons (Fsp3) is 0.600. The largest absolute Gasteiger partial charge is 0.503 e. The Kier molecular flexibility index (Phi) is 3.30. The van der Waals surface area contributed by atoms with Crippen LogP contribution in [0.25, 0.3) is 0 Å². The van der Waals surface area contributed by atoms with Crippen molar-refractivity contribution >= 4 is 5.91 Å². The molecule has 1 aliphatic carbocycles. The predicted octanol–water partition coefficient (Wildman–Crippen LogP) is 0.876. The number of pyridine rings is 1. The number of hydrogen-bond donors (Lipinski definition) is 1. The highest BCUT2D eigenvalue weighted by Crippen LogP contribution is 2.43. The SMILES string of the molecule is CCOc1c2n(cc(O)c1=O)N(C)C1(CCC1)N(CC)C2=O. The van der Waals surface area contributed by atoms with Gasteiger partial charge in [0, 0.05) is 13.6 Å². The zero-order chi connectivity index (χ0) is 16.1. The molecule has 2 heterocycles. The third-order valence-electron chi connectivity index (χ3n) is 4.76. The van der Waals surface area contributed by atoms with E-state index in [0.717, 1.165) is 19.3 Å². The highest BCUT2D eigenvalue weighted by molar-refractivity contribution is 5.97. The molecule has 1 aromatic heterocycles. The molecule has 0 atom stereocenters. The van der Waals surface area contributed by atoms with Crippen LogP contribution in [-0.4, -0.2) is 46.5 Å². The van der Waals surface area contributed by atoms with Crippen molar-refractivity contribution in [1.82, 2.24) is 9.58 Å². The van der Waals surface area contributed by atoms with Crippen LogP contribution < -0.4 is 15.2 Å². The standard InChI is InChI=1S/C15H21N3O4/c1-4-17-14(21)11-13(22-5-2)12(20)10(19)9-18(11)16(3)15(17)7-6-8-15/h9,19H,4-8H2,1-3H3. The molecule has 7 heteroatoms. The second-order valence-electron chi connectivity index (χ2n) is 5.71. The monoisotopic (exact) mass is 307 g/mol. The van der Waals surface area contributed by atoms with E-state index in [9.17, 15) is 14.7 Å². The summed E-state index contributed by atoms with van der Waals surface area (Å²) < 4.78 is 6.94. The van der Waals surface area contributed by atoms with Crippen LogP contribution >= 0.6 is 0 Å². The first-order chi connectivity index (χ1) is 10.5. The van der Waals surface area contributed by atoms with Crippen LogP contribution in [0.5, 0.6) is 11.5 Å². The molecule has 3 rings (SSSR count). The van der Waals surface area contributed by atoms with Crippen molar-refractivity contribution in [3.63, 3.8) is 0 Å². The van der Waals surface area contributed by atoms with Crippen molar-refractivity contribution in [1.29, 1.82) is 0 Å². The Morgan fingerprint density at radius 3 is 2.50 bits per heavy atom. The van der Waals surface area contributed by atoms with Crippen LogP contribution in [0.2, 0.25) is 0 Å². The summed E-state index contributed by atoms with van der Waals surface area (Å²) in [6.45, 7) is 4.48. The minimum atomic E-state index is -0.643. The second kappa shape index (κ2) is 4.93. The van der Waals surface area contributed by atoms with Gasteiger partial charge in [-0.15, -0.1) is 0 Å². The summed E-state index contributed by atoms with van der Waals surface area (Å²) in [7, 11) is 1.87. The normalized spacial score (nSPS) is 19.1. The van der Waals surface area contributed by atoms with Crippen molar-refractivity contribution in [2.45, 2.75) is 38.8 Å². The molecule has 1 amide bonds. The Bertz CT molecular complexity index is 678. The predicted molar refractivity (Wildman–Crippen MR) is 81.0 cm³/mol. The van der Waals surface area contributed by atoms with Gasteiger partial charge in [0.25, 0.3) is 11.3 Å². The third kappa shape index (κ3) is 1.68. The molecular formula is C15H21N3O4. The molecule has 22 heavy (non-hydrogen) atoms. The van der Waals surface area contributed by atoms with Gasteiger partial charge in [-0.1, -0.05) is 0 Å². The van der Waals surface area contributed by atoms with Gasteiger partial charge in [-0.3, -0.25) is 19.3 Å². The molecule has 1 N–H and O–H groups in total. The molecule has 1 aliphatic heterocycles. The molecule has 1 fully saturated rings. The van der Waals surface area contributed by atoms with E-state index in [1.807, 2.05) is 19.0 Å². The summed E-state index contributed by atoms with van der Waals surface area (Å²) in [6, 6.07) is 0. The topological polar surface area (TPSA) is 75.0 Å². The lowest BCUT2D eigenvalue weighted by Crippen LogP contribution is -2.72. The van der Waals surface area contributed by atoms with E-state index in [4.69, 9.17) is 4.74 Å². The molecule has 7 nitrogen and oxygen atoms in total. The summed E-state index contributed by atoms with van der Waals surface area (Å²) in [5.74, 6) is -0.709. The maximum atomic E-state index is 12.9. The Morgan fingerprint density at radius 1 is 1.32 bits per heavy atom. The van der Waals surface area contributed by atoms with Gasteiger partial charge < -0.3 is 14.7 Å². The van der Waals surface area contributed by atoms with E-state index in [1.54, 1.807) is 16.5 Å². The molecule has 0 radical (unpaired) electrons. The van der Waals surface area contributed by atoms with Crippen LogP contribution in [0.3, 0.4) is 0 Å². The average Bonchev–Trinajstić information content (AvgIpc) is 2.45. The zero-order valence-electron chi connectivity index (χ0n) is 13.1. The van der Waals surface area contributed by atoms with E-state index in [0.29, 0.717) is 6.54 Å². The van der Waals surface area contributed by atoms with Crippen molar-refractivity contribution in [2.24, 2.45) is 0 Å². The molecule has 0 unspecified atom stereocenters. The number of hydrogen-bond acceptors (Lipinski definition) is 5. The van der Waals surface area contributed by atoms with E-state index in [-0.39, 0.29) is 29.6 Å². The van der Waals surface area contributed by atoms with Crippen LogP contribution in [0.4, 0.5) is 0 Å². The molecule has 1 saturated carbocycles. The first-order valence-electron chi connectivity index (χ1n) is 7.65. The highest BCUT2D eigenvalue weighted by atomic mass is 16.5. The Hall–Kier alpha value is -2.18. The van der Waals surface area contributed by atoms with E-state index >= 15 is 0 Å². The van der Waals surface area contributed by atoms with Crippen LogP contribution in [0.1, 0.15) is 43.6 Å². The van der Waals surface area contributed by atoms with Crippen molar-refractivity contribution in [3.05, 3.63) is 22.1 Å². The fourth-order valence-electron chi connectivity index (χ4n) is 3.49. The number of fused-ring (bicyclic) bond motifs is 1. The average molecular weight is 307 g/mol. The van der Waals surface area contributed by atoms with Crippen molar-refractivity contribution < 1.29 is 14.6 Å². The second-order valence-corrected chi connectivity index (χ2v) is 5.71. The summed E-state index contributed by atoms with van der Waals surface area (Å²) in [6.07, 6.45) is 4.11. The third-order valence-corrected chi connectivity index (χ3v) is 4.76. The van der Waals surface area contributed by atoms with Gasteiger partial charge in [0.2, 0.25) is 5.75 Å². The molecule has 0 saturated heterocycles. The lowest BCUT2D eigenvalue weighted by atomic mass is 9.81. The first kappa shape index (κ1) is 14.7. The lowest BCUT2D eigenvalue weighted by Gasteiger charge is -2.58. The molecule has 0 aromatic carbocycles. The summed E-state index contributed by atoms with van der Waals surface area (Å²) in [4.78, 5) is 26.9. The molecular weight excluding hydrogens is 286 g/mol. The maximum Gasteiger partial charge on any atom is 0.278 e. The number of aromatic nitrogens is 1. The Labute approximate surface area is 128 Å². The van der Waals surface area contributed by atoms with E-state index < -0.39 is 11.2 Å². The van der Waals surface area contributed by atoms with Gasteiger partial charge in [0.1, 0.15) is 5.66 Å². The smallest absolute Gasteiger partial charge is 0.278 e. The first-order valence-corrected chi connectivity index (χ1v) is 7.65. The maximum absolute atomic E-state index is 12.9. The quantitative estimate of drug-likeness (QED) is 0.897. The number of nitrogens with zero attached hydrogens (tertiary/aromatic N) is 3. The number of aromatic hydroxyl groups is 1. The molecule has 2 aliphatic rings. The fourth-order valence-corrected chi connectivity index (χ4v) is 3.49. The van der Waals surface area contributed by atoms with Gasteiger partial charge in [-0.05, 0) is 33.1 Å². The molecule has 120 valence electrons. The van der Waals surface area contributed by atoms with E-state index in [2.05, 4.69) is 0 Å². The number of carbonyl (C=O) groups is 1. The zero-order valence-corrected chi connectivity index (χ0v) is 13.1. The number of rotatable bonds is 3. The van der Waals surface area contributed by atoms with Gasteiger partial charge >= 0.3 is 0 Å². The van der Waals surface area contributed by atoms with Gasteiger partial charge in [0.15, 0.2) is 11.4 Å². The highest BCUT2D eigenvalue weighted by Gasteiger charge is 2.53. The number of ether oxygens (including phenoxy) is 1. The summed E-state index contributed by atoms with van der Waals surface area (Å²) in [5, 5.41) is 11.8. The minimum Gasteiger partial charge on any atom is -0.503 e. The van der Waals surface area contributed by atoms with Crippen LogP contribution in [0, 0.1) is 0 Å². The van der Waals surface area contributed by atoms with Gasteiger partial charge in [0.05, 0.1) is 12.8 Å². The van der Waals surface area contributed by atoms with Gasteiger partial charge in [-0.25, -0.2) is 0 Å². The van der Waals surface area contributed by atoms with E-state index in [1.165, 1.54) is 6.20 Å². The minimum absolute atomic E-state index is 0.0769. The molecule has 1 spiro atoms. The summed E-state index contributed by atoms with van der Waals surface area (Å²) in [5.41, 5.74) is -0.828. The van der Waals surface area contributed by atoms with Crippen molar-refractivity contribution in [3.8, 4) is 11.5 Å². The van der Waals surface area contributed by atoms with Crippen molar-refractivity contribution in [2.75, 3.05) is 25.2 Å². The molecule has 1 aromatic rings. The summed E-state index contributed by atoms with van der Waals surface area (Å²) >= 11 is 0. The number of carbonyl (C=O) groups excluding carboxylic acids is 1. The lowest BCUT2D eigenvalue weighted by molar-refractivity contribution is -0.00577. The number of amides is 1. The van der Waals surface area contributed by atoms with Crippen LogP contribution in [0.15, 0.2) is 11.0 Å². The Morgan fingerprint density at radius 2 is 2.00 bits per heavy atom. The van der Waals surface area contributed by atoms with Crippen LogP contribution in [-0.2, 0) is 0 Å².